The third-order valence-corrected chi connectivity index (χ3v) is 3.41. The van der Waals surface area contributed by atoms with Crippen molar-refractivity contribution >= 4 is 11.8 Å². The van der Waals surface area contributed by atoms with Crippen LogP contribution in [0.3, 0.4) is 0 Å². The van der Waals surface area contributed by atoms with Gasteiger partial charge >= 0.3 is 0 Å². The van der Waals surface area contributed by atoms with Crippen LogP contribution in [0.1, 0.15) is 5.56 Å². The molecule has 2 atom stereocenters. The molecule has 2 amide bonds. The van der Waals surface area contributed by atoms with Crippen molar-refractivity contribution in [2.75, 3.05) is 0 Å². The van der Waals surface area contributed by atoms with Crippen molar-refractivity contribution in [2.24, 2.45) is 17.6 Å². The first-order chi connectivity index (χ1) is 8.09. The van der Waals surface area contributed by atoms with Gasteiger partial charge in [-0.2, -0.15) is 0 Å². The van der Waals surface area contributed by atoms with Gasteiger partial charge in [0, 0.05) is 6.04 Å². The molecule has 2 N–H and O–H groups in total. The number of nitrogens with zero attached hydrogens (tertiary/aromatic N) is 1. The molecule has 1 saturated carbocycles. The summed E-state index contributed by atoms with van der Waals surface area (Å²) in [6.07, 6.45) is 0. The molecule has 1 aromatic rings. The quantitative estimate of drug-likeness (QED) is 0.747. The molecule has 0 aromatic heterocycles. The van der Waals surface area contributed by atoms with Gasteiger partial charge in [0.05, 0.1) is 18.4 Å². The summed E-state index contributed by atoms with van der Waals surface area (Å²) in [6, 6.07) is 5.59. The van der Waals surface area contributed by atoms with E-state index in [4.69, 9.17) is 5.73 Å². The van der Waals surface area contributed by atoms with Gasteiger partial charge in [0.2, 0.25) is 11.8 Å². The van der Waals surface area contributed by atoms with Crippen molar-refractivity contribution in [1.29, 1.82) is 0 Å². The normalized spacial score (nSPS) is 30.7. The molecule has 3 rings (SSSR count). The van der Waals surface area contributed by atoms with Crippen LogP contribution in [0.25, 0.3) is 0 Å². The number of amides is 2. The topological polar surface area (TPSA) is 63.4 Å². The van der Waals surface area contributed by atoms with Gasteiger partial charge in [-0.1, -0.05) is 12.1 Å². The van der Waals surface area contributed by atoms with Crippen LogP contribution in [-0.4, -0.2) is 22.8 Å². The monoisotopic (exact) mass is 234 g/mol. The Hall–Kier alpha value is -1.75. The molecule has 1 aliphatic carbocycles. The number of carbonyl (C=O) groups is 2. The maximum absolute atomic E-state index is 13.0. The van der Waals surface area contributed by atoms with Crippen molar-refractivity contribution in [3.63, 3.8) is 0 Å². The van der Waals surface area contributed by atoms with Crippen LogP contribution in [0.15, 0.2) is 24.3 Å². The lowest BCUT2D eigenvalue weighted by molar-refractivity contribution is -0.142. The van der Waals surface area contributed by atoms with Gasteiger partial charge in [0.25, 0.3) is 0 Å². The molecule has 1 aliphatic heterocycles. The summed E-state index contributed by atoms with van der Waals surface area (Å²) in [4.78, 5) is 24.8. The van der Waals surface area contributed by atoms with E-state index in [0.717, 1.165) is 0 Å². The summed E-state index contributed by atoms with van der Waals surface area (Å²) in [5.41, 5.74) is 6.22. The Morgan fingerprint density at radius 1 is 1.24 bits per heavy atom. The SMILES string of the molecule is NC1C2C(=O)N(Cc3cccc(F)c3)C(=O)C12. The first-order valence-electron chi connectivity index (χ1n) is 5.45. The highest BCUT2D eigenvalue weighted by Gasteiger charge is 2.65. The fraction of sp³-hybridized carbons (Fsp3) is 0.333. The minimum absolute atomic E-state index is 0.134. The lowest BCUT2D eigenvalue weighted by Crippen LogP contribution is -2.36. The summed E-state index contributed by atoms with van der Waals surface area (Å²) < 4.78 is 13.0. The molecule has 1 aromatic carbocycles. The standard InChI is InChI=1S/C12H11FN2O2/c13-7-3-1-2-6(4-7)5-15-11(16)8-9(10(8)14)12(15)17/h1-4,8-10H,5,14H2. The molecule has 1 heterocycles. The smallest absolute Gasteiger partial charge is 0.235 e. The van der Waals surface area contributed by atoms with Crippen LogP contribution in [0.5, 0.6) is 0 Å². The Morgan fingerprint density at radius 2 is 1.88 bits per heavy atom. The number of rotatable bonds is 2. The number of piperidine rings is 1. The van der Waals surface area contributed by atoms with E-state index in [-0.39, 0.29) is 42.1 Å². The van der Waals surface area contributed by atoms with Gasteiger partial charge in [-0.05, 0) is 17.7 Å². The summed E-state index contributed by atoms with van der Waals surface area (Å²) >= 11 is 0. The zero-order valence-corrected chi connectivity index (χ0v) is 8.97. The average molecular weight is 234 g/mol. The molecule has 2 aliphatic rings. The molecular weight excluding hydrogens is 223 g/mol. The Bertz CT molecular complexity index is 495. The fourth-order valence-electron chi connectivity index (χ4n) is 2.41. The molecule has 0 bridgehead atoms. The summed E-state index contributed by atoms with van der Waals surface area (Å²) in [5.74, 6) is -1.50. The molecule has 5 heteroatoms. The third kappa shape index (κ3) is 1.46. The second-order valence-corrected chi connectivity index (χ2v) is 4.52. The van der Waals surface area contributed by atoms with Crippen molar-refractivity contribution in [3.05, 3.63) is 35.6 Å². The number of halogens is 1. The highest BCUT2D eigenvalue weighted by atomic mass is 19.1. The molecule has 17 heavy (non-hydrogen) atoms. The first kappa shape index (κ1) is 10.4. The van der Waals surface area contributed by atoms with Gasteiger partial charge in [-0.25, -0.2) is 4.39 Å². The second kappa shape index (κ2) is 3.37. The van der Waals surface area contributed by atoms with Crippen LogP contribution < -0.4 is 5.73 Å². The van der Waals surface area contributed by atoms with E-state index in [1.807, 2.05) is 0 Å². The van der Waals surface area contributed by atoms with E-state index in [2.05, 4.69) is 0 Å². The number of benzene rings is 1. The Labute approximate surface area is 97.2 Å². The van der Waals surface area contributed by atoms with Crippen LogP contribution in [0.2, 0.25) is 0 Å². The molecular formula is C12H11FN2O2. The molecule has 0 spiro atoms. The Morgan fingerprint density at radius 3 is 2.47 bits per heavy atom. The first-order valence-corrected chi connectivity index (χ1v) is 5.45. The van der Waals surface area contributed by atoms with Gasteiger partial charge in [-0.15, -0.1) is 0 Å². The van der Waals surface area contributed by atoms with E-state index < -0.39 is 0 Å². The van der Waals surface area contributed by atoms with E-state index >= 15 is 0 Å². The lowest BCUT2D eigenvalue weighted by Gasteiger charge is -2.17. The number of fused-ring (bicyclic) bond motifs is 1. The van der Waals surface area contributed by atoms with E-state index in [1.54, 1.807) is 12.1 Å². The number of carbonyl (C=O) groups excluding carboxylic acids is 2. The van der Waals surface area contributed by atoms with Crippen molar-refractivity contribution in [3.8, 4) is 0 Å². The Balaban J connectivity index is 1.79. The van der Waals surface area contributed by atoms with E-state index in [0.29, 0.717) is 5.56 Å². The van der Waals surface area contributed by atoms with Gasteiger partial charge in [0.15, 0.2) is 0 Å². The molecule has 4 nitrogen and oxygen atoms in total. The van der Waals surface area contributed by atoms with Crippen LogP contribution in [0, 0.1) is 17.7 Å². The Kier molecular flexibility index (Phi) is 2.06. The highest BCUT2D eigenvalue weighted by molar-refractivity contribution is 6.10. The highest BCUT2D eigenvalue weighted by Crippen LogP contribution is 2.46. The minimum Gasteiger partial charge on any atom is -0.326 e. The van der Waals surface area contributed by atoms with Gasteiger partial charge < -0.3 is 5.73 Å². The maximum atomic E-state index is 13.0. The van der Waals surface area contributed by atoms with Gasteiger partial charge in [-0.3, -0.25) is 14.5 Å². The third-order valence-electron chi connectivity index (χ3n) is 3.41. The second-order valence-electron chi connectivity index (χ2n) is 4.52. The van der Waals surface area contributed by atoms with Gasteiger partial charge in [0.1, 0.15) is 5.82 Å². The predicted molar refractivity (Wildman–Crippen MR) is 56.9 cm³/mol. The van der Waals surface area contributed by atoms with Crippen molar-refractivity contribution in [2.45, 2.75) is 12.6 Å². The summed E-state index contributed by atoms with van der Waals surface area (Å²) in [7, 11) is 0. The summed E-state index contributed by atoms with van der Waals surface area (Å²) in [5, 5.41) is 0. The van der Waals surface area contributed by atoms with Crippen LogP contribution in [0.4, 0.5) is 4.39 Å². The van der Waals surface area contributed by atoms with E-state index in [1.165, 1.54) is 17.0 Å². The largest absolute Gasteiger partial charge is 0.326 e. The number of likely N-dealkylation sites (tertiary alicyclic amines) is 1. The van der Waals surface area contributed by atoms with Crippen LogP contribution in [-0.2, 0) is 16.1 Å². The molecule has 1 saturated heterocycles. The lowest BCUT2D eigenvalue weighted by atomic mass is 10.2. The number of imide groups is 1. The molecule has 2 fully saturated rings. The molecule has 2 unspecified atom stereocenters. The van der Waals surface area contributed by atoms with Crippen LogP contribution >= 0.6 is 0 Å². The fourth-order valence-corrected chi connectivity index (χ4v) is 2.41. The average Bonchev–Trinajstić information content (AvgIpc) is 2.88. The number of hydrogen-bond acceptors (Lipinski definition) is 3. The molecule has 88 valence electrons. The minimum atomic E-state index is -0.372. The van der Waals surface area contributed by atoms with Crippen molar-refractivity contribution in [1.82, 2.24) is 4.90 Å². The molecule has 0 radical (unpaired) electrons. The maximum Gasteiger partial charge on any atom is 0.235 e. The van der Waals surface area contributed by atoms with E-state index in [9.17, 15) is 14.0 Å². The predicted octanol–water partition coefficient (Wildman–Crippen LogP) is 0.268. The zero-order valence-electron chi connectivity index (χ0n) is 8.97. The zero-order chi connectivity index (χ0) is 12.2. The summed E-state index contributed by atoms with van der Waals surface area (Å²) in [6.45, 7) is 0.134. The van der Waals surface area contributed by atoms with Crippen molar-refractivity contribution < 1.29 is 14.0 Å². The number of hydrogen-bond donors (Lipinski definition) is 1. The number of nitrogens with two attached hydrogens (primary N) is 1.